The molecule has 0 aromatic heterocycles. The van der Waals surface area contributed by atoms with E-state index in [0.717, 1.165) is 18.5 Å². The van der Waals surface area contributed by atoms with Crippen LogP contribution < -0.4 is 5.32 Å². The lowest BCUT2D eigenvalue weighted by atomic mass is 9.87. The van der Waals surface area contributed by atoms with Crippen molar-refractivity contribution < 1.29 is 4.79 Å². The van der Waals surface area contributed by atoms with Crippen molar-refractivity contribution in [3.8, 4) is 0 Å². The summed E-state index contributed by atoms with van der Waals surface area (Å²) in [7, 11) is 0. The second-order valence-electron chi connectivity index (χ2n) is 5.96. The Balaban J connectivity index is 2.20. The van der Waals surface area contributed by atoms with Crippen molar-refractivity contribution in [1.29, 1.82) is 0 Å². The minimum Gasteiger partial charge on any atom is -0.380 e. The number of benzene rings is 2. The lowest BCUT2D eigenvalue weighted by Gasteiger charge is -2.23. The van der Waals surface area contributed by atoms with Gasteiger partial charge in [-0.2, -0.15) is 0 Å². The summed E-state index contributed by atoms with van der Waals surface area (Å²) in [4.78, 5) is 12.3. The van der Waals surface area contributed by atoms with Crippen LogP contribution in [-0.2, 0) is 4.79 Å². The number of hydrogen-bond donors (Lipinski definition) is 1. The van der Waals surface area contributed by atoms with Crippen LogP contribution in [0.4, 0.5) is 0 Å². The van der Waals surface area contributed by atoms with Gasteiger partial charge in [0.15, 0.2) is 5.78 Å². The molecule has 1 aliphatic rings. The van der Waals surface area contributed by atoms with Gasteiger partial charge in [-0.05, 0) is 48.6 Å². The van der Waals surface area contributed by atoms with E-state index in [-0.39, 0.29) is 11.8 Å². The average molecular weight is 279 g/mol. The maximum Gasteiger partial charge on any atom is 0.178 e. The summed E-state index contributed by atoms with van der Waals surface area (Å²) in [6, 6.07) is 15.0. The second kappa shape index (κ2) is 5.72. The topological polar surface area (TPSA) is 29.1 Å². The van der Waals surface area contributed by atoms with E-state index >= 15 is 0 Å². The summed E-state index contributed by atoms with van der Waals surface area (Å²) in [5.41, 5.74) is 3.20. The highest BCUT2D eigenvalue weighted by Crippen LogP contribution is 2.33. The van der Waals surface area contributed by atoms with Crippen LogP contribution in [0.2, 0.25) is 0 Å². The molecule has 2 aromatic carbocycles. The van der Waals surface area contributed by atoms with E-state index in [1.165, 1.54) is 21.9 Å². The zero-order valence-electron chi connectivity index (χ0n) is 12.6. The van der Waals surface area contributed by atoms with Crippen LogP contribution in [-0.4, -0.2) is 11.8 Å². The molecule has 2 heteroatoms. The molecule has 0 unspecified atom stereocenters. The van der Waals surface area contributed by atoms with E-state index < -0.39 is 0 Å². The third kappa shape index (κ3) is 2.71. The molecule has 108 valence electrons. The van der Waals surface area contributed by atoms with Gasteiger partial charge in [0.2, 0.25) is 0 Å². The van der Waals surface area contributed by atoms with Gasteiger partial charge in [0, 0.05) is 12.5 Å². The zero-order valence-corrected chi connectivity index (χ0v) is 12.6. The summed E-state index contributed by atoms with van der Waals surface area (Å²) in [6.45, 7) is 4.16. The summed E-state index contributed by atoms with van der Waals surface area (Å²) < 4.78 is 0. The average Bonchev–Trinajstić information content (AvgIpc) is 2.48. The number of nitrogens with one attached hydrogen (secondary N) is 1. The van der Waals surface area contributed by atoms with Gasteiger partial charge in [-0.3, -0.25) is 4.79 Å². The maximum absolute atomic E-state index is 12.3. The highest BCUT2D eigenvalue weighted by molar-refractivity contribution is 6.06. The lowest BCUT2D eigenvalue weighted by molar-refractivity contribution is -0.116. The van der Waals surface area contributed by atoms with Gasteiger partial charge in [0.1, 0.15) is 0 Å². The van der Waals surface area contributed by atoms with E-state index in [1.54, 1.807) is 0 Å². The molecule has 2 aromatic rings. The van der Waals surface area contributed by atoms with Gasteiger partial charge in [0.25, 0.3) is 0 Å². The zero-order chi connectivity index (χ0) is 14.8. The number of fused-ring (bicyclic) bond motifs is 1. The minimum atomic E-state index is 0.248. The number of Topliss-reactive ketones (excluding diaryl/α,β-unsaturated/α-hetero) is 1. The normalized spacial score (nSPS) is 15.9. The molecule has 0 saturated heterocycles. The smallest absolute Gasteiger partial charge is 0.178 e. The minimum absolute atomic E-state index is 0.248. The first kappa shape index (κ1) is 13.9. The van der Waals surface area contributed by atoms with Crippen LogP contribution in [0.1, 0.15) is 38.7 Å². The third-order valence-electron chi connectivity index (χ3n) is 3.96. The Morgan fingerprint density at radius 2 is 1.76 bits per heavy atom. The number of carbonyl (C=O) groups excluding carboxylic acids is 1. The fourth-order valence-electron chi connectivity index (χ4n) is 3.06. The predicted molar refractivity (Wildman–Crippen MR) is 88.0 cm³/mol. The summed E-state index contributed by atoms with van der Waals surface area (Å²) in [5.74, 6) is 0.248. The summed E-state index contributed by atoms with van der Waals surface area (Å²) >= 11 is 0. The van der Waals surface area contributed by atoms with E-state index in [0.29, 0.717) is 6.42 Å². The molecule has 21 heavy (non-hydrogen) atoms. The van der Waals surface area contributed by atoms with Crippen molar-refractivity contribution in [2.75, 3.05) is 0 Å². The van der Waals surface area contributed by atoms with Gasteiger partial charge in [-0.1, -0.05) is 42.5 Å². The van der Waals surface area contributed by atoms with Crippen molar-refractivity contribution in [3.63, 3.8) is 0 Å². The van der Waals surface area contributed by atoms with Crippen LogP contribution in [0, 0.1) is 0 Å². The molecule has 0 aliphatic heterocycles. The maximum atomic E-state index is 12.3. The molecule has 0 heterocycles. The molecule has 0 radical (unpaired) electrons. The molecule has 0 atom stereocenters. The molecular formula is C19H21NO. The lowest BCUT2D eigenvalue weighted by Crippen LogP contribution is -2.30. The summed E-state index contributed by atoms with van der Waals surface area (Å²) in [6.07, 6.45) is 2.57. The molecule has 3 rings (SSSR count). The number of allylic oxidation sites excluding steroid dienone is 2. The van der Waals surface area contributed by atoms with Gasteiger partial charge in [0.05, 0.1) is 5.70 Å². The molecule has 0 bridgehead atoms. The fourth-order valence-corrected chi connectivity index (χ4v) is 3.06. The molecule has 1 aliphatic carbocycles. The highest BCUT2D eigenvalue weighted by Gasteiger charge is 2.22. The molecule has 0 amide bonds. The van der Waals surface area contributed by atoms with Gasteiger partial charge in [-0.15, -0.1) is 0 Å². The van der Waals surface area contributed by atoms with Crippen LogP contribution >= 0.6 is 0 Å². The van der Waals surface area contributed by atoms with E-state index in [1.807, 2.05) is 0 Å². The van der Waals surface area contributed by atoms with Crippen LogP contribution in [0.3, 0.4) is 0 Å². The van der Waals surface area contributed by atoms with Crippen molar-refractivity contribution in [3.05, 3.63) is 53.7 Å². The molecule has 2 nitrogen and oxygen atoms in total. The van der Waals surface area contributed by atoms with Crippen molar-refractivity contribution >= 4 is 22.1 Å². The largest absolute Gasteiger partial charge is 0.380 e. The van der Waals surface area contributed by atoms with Gasteiger partial charge >= 0.3 is 0 Å². The Bertz CT molecular complexity index is 707. The molecular weight excluding hydrogens is 258 g/mol. The van der Waals surface area contributed by atoms with Crippen molar-refractivity contribution in [2.24, 2.45) is 0 Å². The molecule has 0 saturated carbocycles. The van der Waals surface area contributed by atoms with E-state index in [4.69, 9.17) is 0 Å². The Morgan fingerprint density at radius 1 is 1.00 bits per heavy atom. The standard InChI is InChI=1S/C19H21NO/c1-13(2)20-19-17(11-6-12-18(19)21)16-10-5-8-14-7-3-4-9-15(14)16/h3-5,7-10,13,20H,6,11-12H2,1-2H3. The van der Waals surface area contributed by atoms with Crippen molar-refractivity contribution in [1.82, 2.24) is 5.32 Å². The van der Waals surface area contributed by atoms with Crippen LogP contribution in [0.5, 0.6) is 0 Å². The highest BCUT2D eigenvalue weighted by atomic mass is 16.1. The predicted octanol–water partition coefficient (Wildman–Crippen LogP) is 4.30. The first-order valence-electron chi connectivity index (χ1n) is 7.68. The Labute approximate surface area is 125 Å². The van der Waals surface area contributed by atoms with Crippen molar-refractivity contribution in [2.45, 2.75) is 39.2 Å². The Morgan fingerprint density at radius 3 is 2.57 bits per heavy atom. The van der Waals surface area contributed by atoms with E-state index in [9.17, 15) is 4.79 Å². The Kier molecular flexibility index (Phi) is 3.78. The number of rotatable bonds is 3. The SMILES string of the molecule is CC(C)NC1=C(c2cccc3ccccc23)CCCC1=O. The number of ketones is 1. The van der Waals surface area contributed by atoms with Crippen LogP contribution in [0.25, 0.3) is 16.3 Å². The fraction of sp³-hybridized carbons (Fsp3) is 0.316. The summed E-state index contributed by atoms with van der Waals surface area (Å²) in [5, 5.41) is 5.83. The van der Waals surface area contributed by atoms with Crippen LogP contribution in [0.15, 0.2) is 48.2 Å². The number of carbonyl (C=O) groups is 1. The first-order chi connectivity index (χ1) is 10.2. The van der Waals surface area contributed by atoms with Gasteiger partial charge in [-0.25, -0.2) is 0 Å². The van der Waals surface area contributed by atoms with E-state index in [2.05, 4.69) is 61.6 Å². The molecule has 0 spiro atoms. The molecule has 0 fully saturated rings. The molecule has 1 N–H and O–H groups in total. The monoisotopic (exact) mass is 279 g/mol. The van der Waals surface area contributed by atoms with Gasteiger partial charge < -0.3 is 5.32 Å². The first-order valence-corrected chi connectivity index (χ1v) is 7.68. The third-order valence-corrected chi connectivity index (χ3v) is 3.96. The second-order valence-corrected chi connectivity index (χ2v) is 5.96. The Hall–Kier alpha value is -2.09. The number of hydrogen-bond acceptors (Lipinski definition) is 2. The quantitative estimate of drug-likeness (QED) is 0.907.